The minimum absolute atomic E-state index is 0.426. The van der Waals surface area contributed by atoms with Crippen LogP contribution in [0.4, 0.5) is 0 Å². The molecule has 0 saturated heterocycles. The van der Waals surface area contributed by atoms with Crippen LogP contribution < -0.4 is 4.74 Å². The first kappa shape index (κ1) is 14.6. The lowest BCUT2D eigenvalue weighted by atomic mass is 9.99. The van der Waals surface area contributed by atoms with Crippen LogP contribution in [0.2, 0.25) is 0 Å². The fourth-order valence-electron chi connectivity index (χ4n) is 2.30. The molecule has 1 atom stereocenters. The number of hydrogen-bond donors (Lipinski definition) is 1. The lowest BCUT2D eigenvalue weighted by Gasteiger charge is -2.13. The van der Waals surface area contributed by atoms with E-state index in [1.807, 2.05) is 43.3 Å². The second kappa shape index (κ2) is 7.11. The van der Waals surface area contributed by atoms with Crippen molar-refractivity contribution >= 4 is 0 Å². The Balaban J connectivity index is 1.94. The fourth-order valence-corrected chi connectivity index (χ4v) is 2.30. The molecular weight excluding hydrogens is 248 g/mol. The highest BCUT2D eigenvalue weighted by molar-refractivity contribution is 5.29. The Labute approximate surface area is 121 Å². The van der Waals surface area contributed by atoms with Gasteiger partial charge in [0.1, 0.15) is 5.75 Å². The highest BCUT2D eigenvalue weighted by Gasteiger charge is 2.08. The van der Waals surface area contributed by atoms with Gasteiger partial charge in [-0.1, -0.05) is 36.4 Å². The molecule has 1 unspecified atom stereocenters. The second-order valence-corrected chi connectivity index (χ2v) is 4.98. The van der Waals surface area contributed by atoms with Crippen molar-refractivity contribution in [2.75, 3.05) is 6.61 Å². The molecular formula is C18H22O2. The quantitative estimate of drug-likeness (QED) is 0.857. The van der Waals surface area contributed by atoms with Crippen LogP contribution in [0.5, 0.6) is 5.75 Å². The molecule has 0 bridgehead atoms. The number of hydrogen-bond acceptors (Lipinski definition) is 2. The Morgan fingerprint density at radius 2 is 1.75 bits per heavy atom. The third-order valence-corrected chi connectivity index (χ3v) is 3.52. The molecule has 2 rings (SSSR count). The molecule has 106 valence electrons. The van der Waals surface area contributed by atoms with E-state index in [0.717, 1.165) is 24.2 Å². The zero-order chi connectivity index (χ0) is 14.4. The molecule has 0 aliphatic rings. The molecule has 2 heteroatoms. The van der Waals surface area contributed by atoms with E-state index < -0.39 is 6.10 Å². The summed E-state index contributed by atoms with van der Waals surface area (Å²) in [5, 5.41) is 10.3. The van der Waals surface area contributed by atoms with E-state index in [0.29, 0.717) is 6.61 Å². The Kier molecular flexibility index (Phi) is 5.19. The fraction of sp³-hybridized carbons (Fsp3) is 0.333. The standard InChI is InChI=1S/C18H22O2/c1-3-20-17-11-8-16(9-12-17)18(19)13-10-15-7-5-4-6-14(15)2/h4-9,11-12,18-19H,3,10,13H2,1-2H3. The van der Waals surface area contributed by atoms with E-state index in [9.17, 15) is 5.11 Å². The van der Waals surface area contributed by atoms with Crippen LogP contribution in [0.25, 0.3) is 0 Å². The largest absolute Gasteiger partial charge is 0.494 e. The topological polar surface area (TPSA) is 29.5 Å². The zero-order valence-corrected chi connectivity index (χ0v) is 12.2. The molecule has 0 amide bonds. The lowest BCUT2D eigenvalue weighted by molar-refractivity contribution is 0.167. The second-order valence-electron chi connectivity index (χ2n) is 4.98. The number of aliphatic hydroxyl groups is 1. The van der Waals surface area contributed by atoms with Crippen LogP contribution in [-0.4, -0.2) is 11.7 Å². The van der Waals surface area contributed by atoms with Crippen LogP contribution >= 0.6 is 0 Å². The molecule has 2 nitrogen and oxygen atoms in total. The number of ether oxygens (including phenoxy) is 1. The Bertz CT molecular complexity index is 531. The van der Waals surface area contributed by atoms with E-state index in [2.05, 4.69) is 19.1 Å². The Morgan fingerprint density at radius 3 is 2.40 bits per heavy atom. The van der Waals surface area contributed by atoms with Gasteiger partial charge in [0.15, 0.2) is 0 Å². The van der Waals surface area contributed by atoms with Crippen molar-refractivity contribution in [3.8, 4) is 5.75 Å². The predicted molar refractivity (Wildman–Crippen MR) is 82.1 cm³/mol. The first-order valence-corrected chi connectivity index (χ1v) is 7.16. The Morgan fingerprint density at radius 1 is 1.05 bits per heavy atom. The zero-order valence-electron chi connectivity index (χ0n) is 12.2. The molecule has 1 N–H and O–H groups in total. The maximum atomic E-state index is 10.3. The van der Waals surface area contributed by atoms with Gasteiger partial charge >= 0.3 is 0 Å². The summed E-state index contributed by atoms with van der Waals surface area (Å²) < 4.78 is 5.40. The van der Waals surface area contributed by atoms with E-state index >= 15 is 0 Å². The van der Waals surface area contributed by atoms with Crippen LogP contribution in [0, 0.1) is 6.92 Å². The lowest BCUT2D eigenvalue weighted by Crippen LogP contribution is -2.01. The smallest absolute Gasteiger partial charge is 0.119 e. The highest BCUT2D eigenvalue weighted by atomic mass is 16.5. The third kappa shape index (κ3) is 3.84. The highest BCUT2D eigenvalue weighted by Crippen LogP contribution is 2.22. The van der Waals surface area contributed by atoms with E-state index in [1.165, 1.54) is 11.1 Å². The summed E-state index contributed by atoms with van der Waals surface area (Å²) >= 11 is 0. The number of aliphatic hydroxyl groups excluding tert-OH is 1. The maximum absolute atomic E-state index is 10.3. The predicted octanol–water partition coefficient (Wildman–Crippen LogP) is 4.06. The van der Waals surface area contributed by atoms with Gasteiger partial charge in [0.25, 0.3) is 0 Å². The molecule has 2 aromatic carbocycles. The summed E-state index contributed by atoms with van der Waals surface area (Å²) in [6, 6.07) is 16.0. The van der Waals surface area contributed by atoms with Gasteiger partial charge < -0.3 is 9.84 Å². The molecule has 0 aromatic heterocycles. The van der Waals surface area contributed by atoms with E-state index in [-0.39, 0.29) is 0 Å². The summed E-state index contributed by atoms with van der Waals surface area (Å²) in [5.74, 6) is 0.849. The van der Waals surface area contributed by atoms with Gasteiger partial charge in [0.2, 0.25) is 0 Å². The minimum atomic E-state index is -0.426. The summed E-state index contributed by atoms with van der Waals surface area (Å²) in [6.45, 7) is 4.73. The van der Waals surface area contributed by atoms with Crippen LogP contribution in [-0.2, 0) is 6.42 Å². The van der Waals surface area contributed by atoms with Gasteiger partial charge in [-0.15, -0.1) is 0 Å². The van der Waals surface area contributed by atoms with Gasteiger partial charge in [0.05, 0.1) is 12.7 Å². The van der Waals surface area contributed by atoms with Crippen molar-refractivity contribution < 1.29 is 9.84 Å². The molecule has 0 fully saturated rings. The van der Waals surface area contributed by atoms with Crippen molar-refractivity contribution in [3.05, 3.63) is 65.2 Å². The van der Waals surface area contributed by atoms with Crippen LogP contribution in [0.15, 0.2) is 48.5 Å². The average molecular weight is 270 g/mol. The van der Waals surface area contributed by atoms with Gasteiger partial charge in [-0.05, 0) is 55.5 Å². The van der Waals surface area contributed by atoms with Crippen LogP contribution in [0.3, 0.4) is 0 Å². The van der Waals surface area contributed by atoms with E-state index in [4.69, 9.17) is 4.74 Å². The van der Waals surface area contributed by atoms with Crippen molar-refractivity contribution in [2.45, 2.75) is 32.8 Å². The van der Waals surface area contributed by atoms with Gasteiger partial charge in [0, 0.05) is 0 Å². The minimum Gasteiger partial charge on any atom is -0.494 e. The molecule has 0 aliphatic heterocycles. The van der Waals surface area contributed by atoms with Crippen LogP contribution in [0.1, 0.15) is 36.1 Å². The van der Waals surface area contributed by atoms with Crippen molar-refractivity contribution in [1.29, 1.82) is 0 Å². The molecule has 0 aliphatic carbocycles. The normalized spacial score (nSPS) is 12.2. The molecule has 0 radical (unpaired) electrons. The maximum Gasteiger partial charge on any atom is 0.119 e. The molecule has 2 aromatic rings. The average Bonchev–Trinajstić information content (AvgIpc) is 2.47. The first-order valence-electron chi connectivity index (χ1n) is 7.16. The van der Waals surface area contributed by atoms with Gasteiger partial charge in [-0.2, -0.15) is 0 Å². The monoisotopic (exact) mass is 270 g/mol. The third-order valence-electron chi connectivity index (χ3n) is 3.52. The SMILES string of the molecule is CCOc1ccc(C(O)CCc2ccccc2C)cc1. The summed E-state index contributed by atoms with van der Waals surface area (Å²) in [7, 11) is 0. The van der Waals surface area contributed by atoms with Gasteiger partial charge in [-0.25, -0.2) is 0 Å². The summed E-state index contributed by atoms with van der Waals surface area (Å²) in [4.78, 5) is 0. The molecule has 20 heavy (non-hydrogen) atoms. The summed E-state index contributed by atoms with van der Waals surface area (Å²) in [5.41, 5.74) is 3.53. The summed E-state index contributed by atoms with van der Waals surface area (Å²) in [6.07, 6.45) is 1.20. The van der Waals surface area contributed by atoms with Crippen molar-refractivity contribution in [3.63, 3.8) is 0 Å². The van der Waals surface area contributed by atoms with Crippen molar-refractivity contribution in [2.24, 2.45) is 0 Å². The van der Waals surface area contributed by atoms with Gasteiger partial charge in [-0.3, -0.25) is 0 Å². The number of rotatable bonds is 6. The first-order chi connectivity index (χ1) is 9.70. The van der Waals surface area contributed by atoms with E-state index in [1.54, 1.807) is 0 Å². The Hall–Kier alpha value is -1.80. The molecule has 0 saturated carbocycles. The molecule has 0 heterocycles. The molecule has 0 spiro atoms. The number of aryl methyl sites for hydroxylation is 2. The number of benzene rings is 2. The van der Waals surface area contributed by atoms with Crippen molar-refractivity contribution in [1.82, 2.24) is 0 Å².